The molecule has 0 saturated heterocycles. The molecule has 0 aromatic heterocycles. The van der Waals surface area contributed by atoms with Crippen molar-refractivity contribution in [2.24, 2.45) is 0 Å². The first kappa shape index (κ1) is 14.1. The van der Waals surface area contributed by atoms with Crippen molar-refractivity contribution in [2.75, 3.05) is 13.7 Å². The topological polar surface area (TPSA) is 21.3 Å². The summed E-state index contributed by atoms with van der Waals surface area (Å²) in [7, 11) is 1.88. The lowest BCUT2D eigenvalue weighted by Crippen LogP contribution is -2.31. The van der Waals surface area contributed by atoms with E-state index in [2.05, 4.69) is 12.2 Å². The molecule has 0 amide bonds. The number of benzene rings is 1. The largest absolute Gasteiger partial charge is 0.377 e. The average Bonchev–Trinajstić information content (AvgIpc) is 2.27. The molecule has 17 heavy (non-hydrogen) atoms. The van der Waals surface area contributed by atoms with Gasteiger partial charge in [-0.15, -0.1) is 0 Å². The van der Waals surface area contributed by atoms with Crippen LogP contribution in [0.1, 0.15) is 37.4 Å². The summed E-state index contributed by atoms with van der Waals surface area (Å²) in [4.78, 5) is 0. The van der Waals surface area contributed by atoms with E-state index in [1.165, 1.54) is 6.07 Å². The number of halogens is 1. The molecule has 0 bridgehead atoms. The van der Waals surface area contributed by atoms with E-state index in [-0.39, 0.29) is 18.0 Å². The van der Waals surface area contributed by atoms with Gasteiger partial charge in [-0.3, -0.25) is 0 Å². The Labute approximate surface area is 103 Å². The monoisotopic (exact) mass is 239 g/mol. The summed E-state index contributed by atoms with van der Waals surface area (Å²) in [6.45, 7) is 6.63. The third-order valence-electron chi connectivity index (χ3n) is 2.89. The van der Waals surface area contributed by atoms with E-state index >= 15 is 0 Å². The van der Waals surface area contributed by atoms with Gasteiger partial charge in [-0.05, 0) is 50.6 Å². The van der Waals surface area contributed by atoms with Gasteiger partial charge < -0.3 is 10.1 Å². The van der Waals surface area contributed by atoms with Gasteiger partial charge in [-0.25, -0.2) is 4.39 Å². The molecule has 1 rings (SSSR count). The van der Waals surface area contributed by atoms with Crippen LogP contribution in [0.25, 0.3) is 0 Å². The quantitative estimate of drug-likeness (QED) is 0.823. The Hall–Kier alpha value is -0.930. The highest BCUT2D eigenvalue weighted by Crippen LogP contribution is 2.23. The smallest absolute Gasteiger partial charge is 0.123 e. The van der Waals surface area contributed by atoms with Crippen LogP contribution in [0.4, 0.5) is 4.39 Å². The Morgan fingerprint density at radius 1 is 1.29 bits per heavy atom. The van der Waals surface area contributed by atoms with Crippen molar-refractivity contribution >= 4 is 0 Å². The lowest BCUT2D eigenvalue weighted by molar-refractivity contribution is 0.0333. The van der Waals surface area contributed by atoms with Crippen molar-refractivity contribution in [1.29, 1.82) is 0 Å². The number of nitrogens with one attached hydrogen (secondary N) is 1. The average molecular weight is 239 g/mol. The zero-order valence-electron chi connectivity index (χ0n) is 11.1. The van der Waals surface area contributed by atoms with Gasteiger partial charge in [0.15, 0.2) is 0 Å². The van der Waals surface area contributed by atoms with Crippen molar-refractivity contribution in [3.63, 3.8) is 0 Å². The lowest BCUT2D eigenvalue weighted by atomic mass is 9.98. The molecule has 0 fully saturated rings. The highest BCUT2D eigenvalue weighted by atomic mass is 19.1. The summed E-state index contributed by atoms with van der Waals surface area (Å²) in [6.07, 6.45) is 0.973. The van der Waals surface area contributed by atoms with E-state index in [0.717, 1.165) is 17.5 Å². The van der Waals surface area contributed by atoms with Gasteiger partial charge in [0.2, 0.25) is 0 Å². The predicted octanol–water partition coefficient (Wildman–Crippen LogP) is 3.21. The molecule has 0 spiro atoms. The Morgan fingerprint density at radius 3 is 2.47 bits per heavy atom. The summed E-state index contributed by atoms with van der Waals surface area (Å²) in [6, 6.07) is 5.16. The highest BCUT2D eigenvalue weighted by molar-refractivity contribution is 5.27. The molecular formula is C14H22FNO. The number of hydrogen-bond acceptors (Lipinski definition) is 2. The summed E-state index contributed by atoms with van der Waals surface area (Å²) < 4.78 is 19.1. The summed E-state index contributed by atoms with van der Waals surface area (Å²) in [5.74, 6) is -0.188. The molecule has 1 aromatic rings. The van der Waals surface area contributed by atoms with Crippen LogP contribution in [0.5, 0.6) is 0 Å². The van der Waals surface area contributed by atoms with Gasteiger partial charge in [-0.2, -0.15) is 0 Å². The normalized spacial score (nSPS) is 14.6. The summed E-state index contributed by atoms with van der Waals surface area (Å²) >= 11 is 0. The third kappa shape index (κ3) is 3.79. The molecule has 0 aliphatic rings. The van der Waals surface area contributed by atoms with Gasteiger partial charge in [-0.1, -0.05) is 13.0 Å². The predicted molar refractivity (Wildman–Crippen MR) is 68.6 cm³/mol. The first-order valence-electron chi connectivity index (χ1n) is 6.18. The number of ether oxygens (including phenoxy) is 1. The van der Waals surface area contributed by atoms with Gasteiger partial charge in [0.25, 0.3) is 0 Å². The second-order valence-electron chi connectivity index (χ2n) is 4.23. The van der Waals surface area contributed by atoms with E-state index in [1.54, 1.807) is 6.07 Å². The van der Waals surface area contributed by atoms with Crippen LogP contribution < -0.4 is 5.32 Å². The highest BCUT2D eigenvalue weighted by Gasteiger charge is 2.21. The maximum atomic E-state index is 13.4. The Kier molecular flexibility index (Phi) is 5.59. The molecule has 0 saturated carbocycles. The number of likely N-dealkylation sites (N-methyl/N-ethyl adjacent to an activating group) is 1. The van der Waals surface area contributed by atoms with E-state index in [9.17, 15) is 4.39 Å². The fourth-order valence-electron chi connectivity index (χ4n) is 2.18. The molecule has 0 aliphatic heterocycles. The van der Waals surface area contributed by atoms with E-state index in [4.69, 9.17) is 4.74 Å². The minimum Gasteiger partial charge on any atom is -0.377 e. The first-order valence-corrected chi connectivity index (χ1v) is 6.18. The molecule has 96 valence electrons. The SMILES string of the molecule is CCOC(CC)C(NC)c1cc(C)cc(F)c1. The second kappa shape index (κ2) is 6.72. The minimum absolute atomic E-state index is 0.0364. The van der Waals surface area contributed by atoms with Gasteiger partial charge in [0.05, 0.1) is 12.1 Å². The molecule has 0 radical (unpaired) electrons. The molecule has 2 atom stereocenters. The second-order valence-corrected chi connectivity index (χ2v) is 4.23. The van der Waals surface area contributed by atoms with E-state index < -0.39 is 0 Å². The lowest BCUT2D eigenvalue weighted by Gasteiger charge is -2.26. The summed E-state index contributed by atoms with van der Waals surface area (Å²) in [5, 5.41) is 3.22. The van der Waals surface area contributed by atoms with Crippen LogP contribution in [0.2, 0.25) is 0 Å². The zero-order chi connectivity index (χ0) is 12.8. The van der Waals surface area contributed by atoms with Crippen LogP contribution in [0.15, 0.2) is 18.2 Å². The molecule has 3 heteroatoms. The van der Waals surface area contributed by atoms with Crippen LogP contribution >= 0.6 is 0 Å². The van der Waals surface area contributed by atoms with Crippen LogP contribution in [-0.2, 0) is 4.74 Å². The minimum atomic E-state index is -0.188. The van der Waals surface area contributed by atoms with Gasteiger partial charge in [0, 0.05) is 6.61 Å². The van der Waals surface area contributed by atoms with E-state index in [1.807, 2.05) is 27.0 Å². The molecule has 0 heterocycles. The van der Waals surface area contributed by atoms with Gasteiger partial charge >= 0.3 is 0 Å². The molecule has 1 aromatic carbocycles. The fraction of sp³-hybridized carbons (Fsp3) is 0.571. The number of aryl methyl sites for hydroxylation is 1. The van der Waals surface area contributed by atoms with Crippen molar-refractivity contribution in [3.8, 4) is 0 Å². The Morgan fingerprint density at radius 2 is 2.00 bits per heavy atom. The van der Waals surface area contributed by atoms with Crippen molar-refractivity contribution < 1.29 is 9.13 Å². The van der Waals surface area contributed by atoms with Gasteiger partial charge in [0.1, 0.15) is 5.82 Å². The maximum absolute atomic E-state index is 13.4. The first-order chi connectivity index (χ1) is 8.12. The molecule has 0 aliphatic carbocycles. The Bertz CT molecular complexity index is 334. The molecule has 2 nitrogen and oxygen atoms in total. The fourth-order valence-corrected chi connectivity index (χ4v) is 2.18. The Balaban J connectivity index is 2.98. The van der Waals surface area contributed by atoms with Crippen molar-refractivity contribution in [2.45, 2.75) is 39.3 Å². The third-order valence-corrected chi connectivity index (χ3v) is 2.89. The summed E-state index contributed by atoms with van der Waals surface area (Å²) in [5.41, 5.74) is 1.89. The van der Waals surface area contributed by atoms with Crippen LogP contribution in [-0.4, -0.2) is 19.8 Å². The zero-order valence-corrected chi connectivity index (χ0v) is 11.1. The van der Waals surface area contributed by atoms with Crippen LogP contribution in [0, 0.1) is 12.7 Å². The molecular weight excluding hydrogens is 217 g/mol. The number of rotatable bonds is 6. The van der Waals surface area contributed by atoms with E-state index in [0.29, 0.717) is 6.61 Å². The maximum Gasteiger partial charge on any atom is 0.123 e. The standard InChI is InChI=1S/C14H22FNO/c1-5-13(17-6-2)14(16-4)11-7-10(3)8-12(15)9-11/h7-9,13-14,16H,5-6H2,1-4H3. The van der Waals surface area contributed by atoms with Crippen LogP contribution in [0.3, 0.4) is 0 Å². The number of hydrogen-bond donors (Lipinski definition) is 1. The van der Waals surface area contributed by atoms with Crippen molar-refractivity contribution in [1.82, 2.24) is 5.32 Å². The van der Waals surface area contributed by atoms with Crippen molar-refractivity contribution in [3.05, 3.63) is 35.1 Å². The molecule has 2 unspecified atom stereocenters. The molecule has 1 N–H and O–H groups in total.